The first-order valence-electron chi connectivity index (χ1n) is 15.0. The Bertz CT molecular complexity index is 1620. The fourth-order valence-corrected chi connectivity index (χ4v) is 6.14. The molecule has 2 aromatic carbocycles. The zero-order valence-electron chi connectivity index (χ0n) is 25.1. The minimum absolute atomic E-state index is 0.0295. The number of rotatable bonds is 9. The summed E-state index contributed by atoms with van der Waals surface area (Å²) in [7, 11) is 0. The molecular weight excluding hydrogens is 629 g/mol. The van der Waals surface area contributed by atoms with Crippen molar-refractivity contribution in [3.8, 4) is 5.69 Å². The third-order valence-electron chi connectivity index (χ3n) is 8.44. The number of aromatic nitrogens is 2. The number of imidazole rings is 1. The predicted molar refractivity (Wildman–Crippen MR) is 161 cm³/mol. The van der Waals surface area contributed by atoms with Gasteiger partial charge in [-0.3, -0.25) is 20.1 Å². The van der Waals surface area contributed by atoms with Gasteiger partial charge >= 0.3 is 12.3 Å². The maximum absolute atomic E-state index is 15.0. The Morgan fingerprint density at radius 1 is 1.09 bits per heavy atom. The summed E-state index contributed by atoms with van der Waals surface area (Å²) in [6.07, 6.45) is -2.14. The number of aliphatic hydroxyl groups excluding tert-OH is 1. The van der Waals surface area contributed by atoms with Crippen molar-refractivity contribution in [1.29, 1.82) is 5.41 Å². The molecule has 2 fully saturated rings. The molecule has 5 rings (SSSR count). The van der Waals surface area contributed by atoms with Crippen LogP contribution in [0.2, 0.25) is 0 Å². The highest BCUT2D eigenvalue weighted by Crippen LogP contribution is 2.38. The van der Waals surface area contributed by atoms with E-state index < -0.39 is 53.3 Å². The maximum Gasteiger partial charge on any atom is 0.416 e. The number of likely N-dealkylation sites (tertiary alicyclic amines) is 1. The number of carbonyl (C=O) groups excluding carboxylic acids is 2. The van der Waals surface area contributed by atoms with Crippen LogP contribution < -0.4 is 16.0 Å². The van der Waals surface area contributed by atoms with Crippen LogP contribution in [0.3, 0.4) is 0 Å². The number of piperidine rings is 1. The predicted octanol–water partition coefficient (Wildman–Crippen LogP) is 4.64. The van der Waals surface area contributed by atoms with Gasteiger partial charge in [0.2, 0.25) is 11.9 Å². The summed E-state index contributed by atoms with van der Waals surface area (Å²) in [5, 5.41) is 20.4. The van der Waals surface area contributed by atoms with Gasteiger partial charge in [-0.05, 0) is 55.6 Å². The zero-order valence-corrected chi connectivity index (χ0v) is 25.1. The number of hydrogen-bond donors (Lipinski definition) is 4. The van der Waals surface area contributed by atoms with E-state index in [4.69, 9.17) is 11.1 Å². The number of nitrogens with zero attached hydrogens (tertiary/aromatic N) is 4. The van der Waals surface area contributed by atoms with Gasteiger partial charge in [0.05, 0.1) is 29.0 Å². The van der Waals surface area contributed by atoms with Gasteiger partial charge in [0.25, 0.3) is 0 Å². The molecule has 0 saturated carbocycles. The van der Waals surface area contributed by atoms with E-state index in [0.717, 1.165) is 24.3 Å². The molecule has 0 aliphatic carbocycles. The first kappa shape index (κ1) is 33.8. The van der Waals surface area contributed by atoms with Crippen LogP contribution in [0, 0.1) is 23.0 Å². The van der Waals surface area contributed by atoms with E-state index in [-0.39, 0.29) is 42.6 Å². The molecule has 2 aliphatic heterocycles. The van der Waals surface area contributed by atoms with E-state index in [2.05, 4.69) is 15.0 Å². The van der Waals surface area contributed by atoms with Gasteiger partial charge in [0.1, 0.15) is 11.6 Å². The van der Waals surface area contributed by atoms with Crippen molar-refractivity contribution in [3.63, 3.8) is 0 Å². The SMILES string of the molecule is N=C(CCCN1C[C@@H](C(=O)Nc2nccn2-c2ccc(C(F)(F)F)cc2N2CCC(O)CC2)[C@H](c2ccc(F)cc2F)C1)OC(N)=O. The van der Waals surface area contributed by atoms with Crippen LogP contribution in [0.25, 0.3) is 5.69 Å². The van der Waals surface area contributed by atoms with Gasteiger partial charge in [0, 0.05) is 57.0 Å². The van der Waals surface area contributed by atoms with Crippen LogP contribution >= 0.6 is 0 Å². The summed E-state index contributed by atoms with van der Waals surface area (Å²) in [6, 6.07) is 6.42. The highest BCUT2D eigenvalue weighted by Gasteiger charge is 2.40. The molecule has 2 amide bonds. The van der Waals surface area contributed by atoms with Gasteiger partial charge in [-0.1, -0.05) is 6.07 Å². The number of nitrogens with one attached hydrogen (secondary N) is 2. The fourth-order valence-electron chi connectivity index (χ4n) is 6.14. The Morgan fingerprint density at radius 2 is 1.83 bits per heavy atom. The van der Waals surface area contributed by atoms with E-state index in [1.807, 2.05) is 4.90 Å². The van der Waals surface area contributed by atoms with E-state index in [0.29, 0.717) is 44.6 Å². The molecule has 11 nitrogen and oxygen atoms in total. The number of carbonyl (C=O) groups is 2. The van der Waals surface area contributed by atoms with Crippen molar-refractivity contribution in [2.75, 3.05) is 42.9 Å². The summed E-state index contributed by atoms with van der Waals surface area (Å²) >= 11 is 0. The molecule has 16 heteroatoms. The number of primary amides is 1. The maximum atomic E-state index is 15.0. The van der Waals surface area contributed by atoms with Crippen LogP contribution in [0.15, 0.2) is 48.8 Å². The van der Waals surface area contributed by atoms with E-state index in [9.17, 15) is 36.6 Å². The molecule has 3 aromatic rings. The summed E-state index contributed by atoms with van der Waals surface area (Å²) in [6.45, 7) is 1.40. The lowest BCUT2D eigenvalue weighted by molar-refractivity contribution is -0.137. The lowest BCUT2D eigenvalue weighted by atomic mass is 9.88. The van der Waals surface area contributed by atoms with Crippen LogP contribution in [-0.4, -0.2) is 76.3 Å². The molecule has 2 aliphatic rings. The lowest BCUT2D eigenvalue weighted by Gasteiger charge is -2.33. The topological polar surface area (TPSA) is 150 Å². The lowest BCUT2D eigenvalue weighted by Crippen LogP contribution is -2.36. The monoisotopic (exact) mass is 663 g/mol. The third-order valence-corrected chi connectivity index (χ3v) is 8.44. The normalized spacial score (nSPS) is 19.1. The van der Waals surface area contributed by atoms with Gasteiger partial charge in [-0.25, -0.2) is 18.6 Å². The number of benzene rings is 2. The first-order chi connectivity index (χ1) is 22.3. The number of amides is 2. The number of ether oxygens (including phenoxy) is 1. The van der Waals surface area contributed by atoms with Gasteiger partial charge in [-0.2, -0.15) is 13.2 Å². The van der Waals surface area contributed by atoms with Crippen molar-refractivity contribution in [2.24, 2.45) is 11.7 Å². The van der Waals surface area contributed by atoms with Crippen molar-refractivity contribution < 1.29 is 41.4 Å². The second-order valence-corrected chi connectivity index (χ2v) is 11.6. The quantitative estimate of drug-likeness (QED) is 0.148. The minimum atomic E-state index is -4.59. The van der Waals surface area contributed by atoms with Crippen molar-refractivity contribution in [2.45, 2.75) is 43.9 Å². The molecule has 252 valence electrons. The number of halogens is 5. The zero-order chi connectivity index (χ0) is 33.9. The smallest absolute Gasteiger partial charge is 0.396 e. The second kappa shape index (κ2) is 14.0. The van der Waals surface area contributed by atoms with Crippen LogP contribution in [0.4, 0.5) is 38.4 Å². The Balaban J connectivity index is 1.40. The van der Waals surface area contributed by atoms with Crippen LogP contribution in [0.5, 0.6) is 0 Å². The second-order valence-electron chi connectivity index (χ2n) is 11.6. The fraction of sp³-hybridized carbons (Fsp3) is 0.419. The third kappa shape index (κ3) is 8.05. The molecular formula is C31H34F5N7O4. The molecule has 0 bridgehead atoms. The van der Waals surface area contributed by atoms with Crippen molar-refractivity contribution >= 4 is 29.5 Å². The summed E-state index contributed by atoms with van der Waals surface area (Å²) < 4.78 is 75.8. The molecule has 3 heterocycles. The Morgan fingerprint density at radius 3 is 2.51 bits per heavy atom. The minimum Gasteiger partial charge on any atom is -0.396 e. The van der Waals surface area contributed by atoms with Crippen LogP contribution in [-0.2, 0) is 15.7 Å². The van der Waals surface area contributed by atoms with E-state index in [1.54, 1.807) is 4.90 Å². The Labute approximate surface area is 266 Å². The highest BCUT2D eigenvalue weighted by molar-refractivity contribution is 5.92. The average molecular weight is 664 g/mol. The van der Waals surface area contributed by atoms with Crippen molar-refractivity contribution in [3.05, 3.63) is 71.6 Å². The largest absolute Gasteiger partial charge is 0.416 e. The molecule has 0 spiro atoms. The van der Waals surface area contributed by atoms with Crippen molar-refractivity contribution in [1.82, 2.24) is 14.5 Å². The van der Waals surface area contributed by atoms with Gasteiger partial charge in [0.15, 0.2) is 5.90 Å². The van der Waals surface area contributed by atoms with Gasteiger partial charge in [-0.15, -0.1) is 0 Å². The number of nitrogens with two attached hydrogens (primary N) is 1. The molecule has 0 unspecified atom stereocenters. The molecule has 0 radical (unpaired) electrons. The summed E-state index contributed by atoms with van der Waals surface area (Å²) in [5.41, 5.74) is 4.82. The number of alkyl halides is 3. The molecule has 2 atom stereocenters. The molecule has 47 heavy (non-hydrogen) atoms. The number of anilines is 2. The van der Waals surface area contributed by atoms with Crippen LogP contribution in [0.1, 0.15) is 42.7 Å². The molecule has 2 saturated heterocycles. The number of hydrogen-bond acceptors (Lipinski definition) is 8. The molecule has 5 N–H and O–H groups in total. The summed E-state index contributed by atoms with van der Waals surface area (Å²) in [5.74, 6) is -3.93. The standard InChI is InChI=1S/C31H34F5N7O4/c32-19-4-5-21(24(33)15-19)22-16-41(10-1-2-27(37)47-29(38)46)17-23(22)28(45)40-30-39-9-13-43(30)25-6-3-18(31(34,35)36)14-26(25)42-11-7-20(44)8-12-42/h3-6,9,13-15,20,22-23,37,44H,1-2,7-8,10-12,16-17H2,(H2,38,46)(H,39,40,45)/t22-,23+/m0/s1. The first-order valence-corrected chi connectivity index (χ1v) is 15.0. The van der Waals surface area contributed by atoms with E-state index in [1.165, 1.54) is 29.1 Å². The Hall–Kier alpha value is -4.57. The molecule has 1 aromatic heterocycles. The van der Waals surface area contributed by atoms with Gasteiger partial charge < -0.3 is 25.4 Å². The number of aliphatic hydroxyl groups is 1. The highest BCUT2D eigenvalue weighted by atomic mass is 19.4. The summed E-state index contributed by atoms with van der Waals surface area (Å²) in [4.78, 5) is 32.6. The average Bonchev–Trinajstić information content (AvgIpc) is 3.64. The van der Waals surface area contributed by atoms with E-state index >= 15 is 0 Å². The Kier molecular flexibility index (Phi) is 10.1.